The molecule has 3 nitrogen and oxygen atoms in total. The summed E-state index contributed by atoms with van der Waals surface area (Å²) in [6.07, 6.45) is 1.84. The summed E-state index contributed by atoms with van der Waals surface area (Å²) in [4.78, 5) is 17.7. The monoisotopic (exact) mass is 366 g/mol. The van der Waals surface area contributed by atoms with Gasteiger partial charge in [-0.3, -0.25) is 4.79 Å². The maximum absolute atomic E-state index is 14.1. The number of thiophene rings is 1. The fourth-order valence-electron chi connectivity index (χ4n) is 2.21. The van der Waals surface area contributed by atoms with Gasteiger partial charge >= 0.3 is 0 Å². The summed E-state index contributed by atoms with van der Waals surface area (Å²) in [5, 5.41) is 0. The Morgan fingerprint density at radius 2 is 2.17 bits per heavy atom. The van der Waals surface area contributed by atoms with Crippen molar-refractivity contribution < 1.29 is 9.18 Å². The van der Waals surface area contributed by atoms with Crippen molar-refractivity contribution in [1.29, 1.82) is 0 Å². The zero-order valence-electron chi connectivity index (χ0n) is 12.0. The molecule has 2 heterocycles. The maximum atomic E-state index is 14.1. The number of amides is 1. The molecule has 0 fully saturated rings. The summed E-state index contributed by atoms with van der Waals surface area (Å²) in [5.41, 5.74) is 0.447. The molecule has 0 radical (unpaired) electrons. The molecule has 7 heteroatoms. The minimum Gasteiger partial charge on any atom is -0.310 e. The number of rotatable bonds is 4. The van der Waals surface area contributed by atoms with Gasteiger partial charge in [-0.15, -0.1) is 17.9 Å². The van der Waals surface area contributed by atoms with E-state index in [9.17, 15) is 9.18 Å². The number of aromatic nitrogens is 1. The van der Waals surface area contributed by atoms with Gasteiger partial charge in [0.05, 0.1) is 21.0 Å². The molecular formula is C16H12ClFN2OS2. The minimum atomic E-state index is -0.334. The van der Waals surface area contributed by atoms with Gasteiger partial charge in [0.1, 0.15) is 5.82 Å². The molecule has 1 aromatic carbocycles. The normalized spacial score (nSPS) is 12.0. The van der Waals surface area contributed by atoms with Crippen molar-refractivity contribution >= 4 is 50.4 Å². The number of allylic oxidation sites excluding steroid dienone is 1. The van der Waals surface area contributed by atoms with Crippen molar-refractivity contribution in [3.63, 3.8) is 0 Å². The fraction of sp³-hybridized carbons (Fsp3) is 0.125. The Bertz CT molecular complexity index is 955. The number of thiazole rings is 1. The number of carbonyl (C=O) groups is 1. The van der Waals surface area contributed by atoms with Crippen molar-refractivity contribution in [3.05, 3.63) is 62.8 Å². The minimum absolute atomic E-state index is 0.183. The van der Waals surface area contributed by atoms with Gasteiger partial charge in [0, 0.05) is 11.4 Å². The van der Waals surface area contributed by atoms with E-state index in [4.69, 9.17) is 11.6 Å². The molecule has 0 N–H and O–H groups in total. The highest BCUT2D eigenvalue weighted by Crippen LogP contribution is 2.22. The highest BCUT2D eigenvalue weighted by atomic mass is 35.5. The van der Waals surface area contributed by atoms with Crippen LogP contribution >= 0.6 is 34.3 Å². The Morgan fingerprint density at radius 1 is 1.35 bits per heavy atom. The number of carbonyl (C=O) groups excluding carboxylic acids is 1. The first kappa shape index (κ1) is 16.1. The first-order valence-corrected chi connectivity index (χ1v) is 8.80. The third-order valence-electron chi connectivity index (χ3n) is 3.14. The number of benzene rings is 1. The molecule has 2 aromatic heterocycles. The molecule has 118 valence electrons. The highest BCUT2D eigenvalue weighted by molar-refractivity contribution is 7.16. The summed E-state index contributed by atoms with van der Waals surface area (Å²) >= 11 is 8.50. The van der Waals surface area contributed by atoms with Crippen LogP contribution in [0.3, 0.4) is 0 Å². The summed E-state index contributed by atoms with van der Waals surface area (Å²) in [6, 6.07) is 8.41. The van der Waals surface area contributed by atoms with Crippen molar-refractivity contribution in [2.24, 2.45) is 4.99 Å². The Morgan fingerprint density at radius 3 is 2.87 bits per heavy atom. The lowest BCUT2D eigenvalue weighted by Crippen LogP contribution is -2.17. The second kappa shape index (κ2) is 6.78. The van der Waals surface area contributed by atoms with E-state index in [1.54, 1.807) is 22.8 Å². The summed E-state index contributed by atoms with van der Waals surface area (Å²) in [6.45, 7) is 4.07. The molecule has 23 heavy (non-hydrogen) atoms. The van der Waals surface area contributed by atoms with Gasteiger partial charge in [0.2, 0.25) is 0 Å². The van der Waals surface area contributed by atoms with E-state index in [0.29, 0.717) is 21.2 Å². The fourth-order valence-corrected chi connectivity index (χ4v) is 4.36. The summed E-state index contributed by atoms with van der Waals surface area (Å²) in [5.74, 6) is -0.618. The van der Waals surface area contributed by atoms with Crippen molar-refractivity contribution in [1.82, 2.24) is 4.57 Å². The Balaban J connectivity index is 2.04. The molecule has 0 atom stereocenters. The van der Waals surface area contributed by atoms with Gasteiger partial charge < -0.3 is 4.57 Å². The summed E-state index contributed by atoms with van der Waals surface area (Å²) < 4.78 is 17.1. The van der Waals surface area contributed by atoms with Gasteiger partial charge in [-0.05, 0) is 24.3 Å². The van der Waals surface area contributed by atoms with E-state index in [1.807, 2.05) is 12.1 Å². The summed E-state index contributed by atoms with van der Waals surface area (Å²) in [7, 11) is 0. The van der Waals surface area contributed by atoms with Gasteiger partial charge in [-0.1, -0.05) is 35.1 Å². The van der Waals surface area contributed by atoms with Crippen LogP contribution in [-0.4, -0.2) is 10.5 Å². The van der Waals surface area contributed by atoms with Gasteiger partial charge in [-0.25, -0.2) is 4.39 Å². The van der Waals surface area contributed by atoms with E-state index < -0.39 is 0 Å². The molecule has 0 aliphatic heterocycles. The van der Waals surface area contributed by atoms with Crippen LogP contribution in [0, 0.1) is 5.82 Å². The van der Waals surface area contributed by atoms with Crippen LogP contribution in [-0.2, 0) is 17.8 Å². The van der Waals surface area contributed by atoms with Crippen molar-refractivity contribution in [2.75, 3.05) is 0 Å². The second-order valence-electron chi connectivity index (χ2n) is 4.76. The van der Waals surface area contributed by atoms with Crippen molar-refractivity contribution in [2.45, 2.75) is 13.0 Å². The predicted octanol–water partition coefficient (Wildman–Crippen LogP) is 4.41. The molecular weight excluding hydrogens is 355 g/mol. The largest absolute Gasteiger partial charge is 0.310 e. The lowest BCUT2D eigenvalue weighted by Gasteiger charge is -2.01. The first-order valence-electron chi connectivity index (χ1n) is 6.79. The topological polar surface area (TPSA) is 34.4 Å². The Labute approximate surface area is 145 Å². The predicted molar refractivity (Wildman–Crippen MR) is 93.6 cm³/mol. The third-order valence-corrected chi connectivity index (χ3v) is 5.41. The number of fused-ring (bicyclic) bond motifs is 1. The maximum Gasteiger partial charge on any atom is 0.253 e. The molecule has 0 spiro atoms. The number of para-hydroxylation sites is 1. The van der Waals surface area contributed by atoms with Gasteiger partial charge in [0.25, 0.3) is 5.91 Å². The zero-order valence-corrected chi connectivity index (χ0v) is 14.3. The van der Waals surface area contributed by atoms with Crippen LogP contribution < -0.4 is 4.80 Å². The molecule has 0 aliphatic rings. The molecule has 0 saturated heterocycles. The van der Waals surface area contributed by atoms with E-state index in [2.05, 4.69) is 11.6 Å². The first-order chi connectivity index (χ1) is 11.1. The molecule has 1 amide bonds. The van der Waals surface area contributed by atoms with Crippen molar-refractivity contribution in [3.8, 4) is 0 Å². The van der Waals surface area contributed by atoms with Crippen LogP contribution in [0.1, 0.15) is 4.88 Å². The molecule has 0 aliphatic carbocycles. The second-order valence-corrected chi connectivity index (χ2v) is 7.57. The average Bonchev–Trinajstić information content (AvgIpc) is 3.05. The van der Waals surface area contributed by atoms with E-state index in [1.165, 1.54) is 28.7 Å². The molecule has 3 aromatic rings. The molecule has 0 unspecified atom stereocenters. The van der Waals surface area contributed by atoms with Crippen LogP contribution in [0.4, 0.5) is 4.39 Å². The number of hydrogen-bond acceptors (Lipinski definition) is 3. The lowest BCUT2D eigenvalue weighted by atomic mass is 10.3. The van der Waals surface area contributed by atoms with E-state index in [0.717, 1.165) is 9.58 Å². The highest BCUT2D eigenvalue weighted by Gasteiger charge is 2.11. The lowest BCUT2D eigenvalue weighted by molar-refractivity contribution is -0.117. The Kier molecular flexibility index (Phi) is 4.75. The molecule has 0 bridgehead atoms. The quantitative estimate of drug-likeness (QED) is 0.629. The van der Waals surface area contributed by atoms with Crippen LogP contribution in [0.15, 0.2) is 48.0 Å². The average molecular weight is 367 g/mol. The third kappa shape index (κ3) is 3.44. The smallest absolute Gasteiger partial charge is 0.253 e. The van der Waals surface area contributed by atoms with Gasteiger partial charge in [-0.2, -0.15) is 4.99 Å². The SMILES string of the molecule is C=CCn1c(=NC(=O)Cc2ccc(Cl)s2)sc2cccc(F)c21. The van der Waals surface area contributed by atoms with Crippen LogP contribution in [0.2, 0.25) is 4.34 Å². The standard InChI is InChI=1S/C16H12ClFN2OS2/c1-2-8-20-15-11(18)4-3-5-12(15)23-16(20)19-14(21)9-10-6-7-13(17)22-10/h2-7H,1,8-9H2. The number of nitrogens with zero attached hydrogens (tertiary/aromatic N) is 2. The molecule has 0 saturated carbocycles. The van der Waals surface area contributed by atoms with E-state index >= 15 is 0 Å². The molecule has 3 rings (SSSR count). The van der Waals surface area contributed by atoms with Crippen LogP contribution in [0.5, 0.6) is 0 Å². The van der Waals surface area contributed by atoms with Crippen LogP contribution in [0.25, 0.3) is 10.2 Å². The van der Waals surface area contributed by atoms with E-state index in [-0.39, 0.29) is 18.1 Å². The Hall–Kier alpha value is -1.76. The zero-order chi connectivity index (χ0) is 16.4. The number of halogens is 2. The van der Waals surface area contributed by atoms with Gasteiger partial charge in [0.15, 0.2) is 4.80 Å². The number of hydrogen-bond donors (Lipinski definition) is 0.